The Morgan fingerprint density at radius 2 is 2.35 bits per heavy atom. The molecule has 0 fully saturated rings. The zero-order chi connectivity index (χ0) is 16.2. The summed E-state index contributed by atoms with van der Waals surface area (Å²) in [6, 6.07) is 6.30. The third-order valence-electron chi connectivity index (χ3n) is 4.32. The monoisotopic (exact) mass is 329 g/mol. The second-order valence-corrected chi connectivity index (χ2v) is 7.11. The van der Waals surface area contributed by atoms with Gasteiger partial charge in [0.1, 0.15) is 6.04 Å². The largest absolute Gasteiger partial charge is 0.353 e. The minimum Gasteiger partial charge on any atom is -0.353 e. The third-order valence-corrected chi connectivity index (χ3v) is 5.29. The van der Waals surface area contributed by atoms with E-state index >= 15 is 0 Å². The lowest BCUT2D eigenvalue weighted by molar-refractivity contribution is -0.125. The first-order chi connectivity index (χ1) is 11.1. The van der Waals surface area contributed by atoms with Gasteiger partial charge in [0, 0.05) is 23.0 Å². The zero-order valence-electron chi connectivity index (χ0n) is 13.7. The number of thiophene rings is 1. The van der Waals surface area contributed by atoms with Crippen molar-refractivity contribution in [3.8, 4) is 0 Å². The van der Waals surface area contributed by atoms with Crippen molar-refractivity contribution in [3.05, 3.63) is 52.0 Å². The standard InChI is InChI=1S/C18H23N3OS/c1-13-11-14(2)21(20-13)16(17-9-6-10-23-17)12-19-18(22)15-7-4-3-5-8-15/h3-4,6,9-11,15-16H,5,7-8,12H2,1-2H3,(H,19,22). The Labute approximate surface area is 141 Å². The van der Waals surface area contributed by atoms with E-state index in [4.69, 9.17) is 0 Å². The predicted octanol–water partition coefficient (Wildman–Crippen LogP) is 3.62. The summed E-state index contributed by atoms with van der Waals surface area (Å²) in [5, 5.41) is 9.84. The van der Waals surface area contributed by atoms with Crippen LogP contribution in [0, 0.1) is 19.8 Å². The molecule has 0 aliphatic heterocycles. The smallest absolute Gasteiger partial charge is 0.223 e. The highest BCUT2D eigenvalue weighted by atomic mass is 32.1. The van der Waals surface area contributed by atoms with Gasteiger partial charge in [-0.15, -0.1) is 11.3 Å². The first-order valence-corrected chi connectivity index (χ1v) is 9.02. The van der Waals surface area contributed by atoms with Gasteiger partial charge < -0.3 is 5.32 Å². The van der Waals surface area contributed by atoms with Gasteiger partial charge in [0.15, 0.2) is 0 Å². The number of allylic oxidation sites excluding steroid dienone is 2. The summed E-state index contributed by atoms with van der Waals surface area (Å²) < 4.78 is 2.03. The number of nitrogens with one attached hydrogen (secondary N) is 1. The molecule has 2 atom stereocenters. The van der Waals surface area contributed by atoms with Crippen molar-refractivity contribution in [1.29, 1.82) is 0 Å². The summed E-state index contributed by atoms with van der Waals surface area (Å²) >= 11 is 1.71. The Hall–Kier alpha value is -1.88. The highest BCUT2D eigenvalue weighted by Gasteiger charge is 2.22. The van der Waals surface area contributed by atoms with E-state index in [2.05, 4.69) is 47.0 Å². The van der Waals surface area contributed by atoms with E-state index in [1.807, 2.05) is 17.7 Å². The first kappa shape index (κ1) is 16.0. The number of nitrogens with zero attached hydrogens (tertiary/aromatic N) is 2. The molecule has 2 aromatic heterocycles. The lowest BCUT2D eigenvalue weighted by Crippen LogP contribution is -2.36. The Kier molecular flexibility index (Phi) is 4.96. The van der Waals surface area contributed by atoms with Crippen molar-refractivity contribution in [3.63, 3.8) is 0 Å². The first-order valence-electron chi connectivity index (χ1n) is 8.14. The molecule has 0 bridgehead atoms. The minimum atomic E-state index is 0.0618. The molecule has 23 heavy (non-hydrogen) atoms. The molecule has 0 saturated carbocycles. The second-order valence-electron chi connectivity index (χ2n) is 6.13. The fourth-order valence-corrected chi connectivity index (χ4v) is 3.94. The van der Waals surface area contributed by atoms with Crippen molar-refractivity contribution >= 4 is 17.2 Å². The molecule has 1 aliphatic rings. The number of carbonyl (C=O) groups excluding carboxylic acids is 1. The van der Waals surface area contributed by atoms with E-state index in [0.29, 0.717) is 6.54 Å². The molecule has 0 saturated heterocycles. The molecular formula is C18H23N3OS. The van der Waals surface area contributed by atoms with Crippen molar-refractivity contribution in [1.82, 2.24) is 15.1 Å². The summed E-state index contributed by atoms with van der Waals surface area (Å²) in [5.41, 5.74) is 2.13. The minimum absolute atomic E-state index is 0.0618. The Morgan fingerprint density at radius 3 is 2.96 bits per heavy atom. The summed E-state index contributed by atoms with van der Waals surface area (Å²) in [6.45, 7) is 4.65. The van der Waals surface area contributed by atoms with Gasteiger partial charge in [-0.05, 0) is 50.6 Å². The maximum absolute atomic E-state index is 12.4. The molecule has 2 aromatic rings. The van der Waals surface area contributed by atoms with E-state index in [9.17, 15) is 4.79 Å². The third kappa shape index (κ3) is 3.72. The lowest BCUT2D eigenvalue weighted by atomic mass is 9.93. The maximum atomic E-state index is 12.4. The van der Waals surface area contributed by atoms with Crippen LogP contribution < -0.4 is 5.32 Å². The number of amides is 1. The summed E-state index contributed by atoms with van der Waals surface area (Å²) in [4.78, 5) is 13.6. The van der Waals surface area contributed by atoms with Gasteiger partial charge >= 0.3 is 0 Å². The normalized spacial score (nSPS) is 18.8. The number of aryl methyl sites for hydroxylation is 2. The molecule has 5 heteroatoms. The Bertz CT molecular complexity index is 687. The fraction of sp³-hybridized carbons (Fsp3) is 0.444. The topological polar surface area (TPSA) is 46.9 Å². The van der Waals surface area contributed by atoms with Crippen LogP contribution in [0.3, 0.4) is 0 Å². The highest BCUT2D eigenvalue weighted by molar-refractivity contribution is 7.10. The van der Waals surface area contributed by atoms with Gasteiger partial charge in [0.25, 0.3) is 0 Å². The molecule has 0 spiro atoms. The van der Waals surface area contributed by atoms with E-state index in [1.165, 1.54) is 4.88 Å². The molecule has 3 rings (SSSR count). The van der Waals surface area contributed by atoms with Crippen LogP contribution in [0.1, 0.15) is 41.6 Å². The van der Waals surface area contributed by atoms with Gasteiger partial charge in [-0.1, -0.05) is 18.2 Å². The van der Waals surface area contributed by atoms with Crippen LogP contribution in [0.25, 0.3) is 0 Å². The number of hydrogen-bond acceptors (Lipinski definition) is 3. The quantitative estimate of drug-likeness (QED) is 0.852. The molecule has 122 valence electrons. The molecule has 0 radical (unpaired) electrons. The molecule has 4 nitrogen and oxygen atoms in total. The van der Waals surface area contributed by atoms with Crippen molar-refractivity contribution < 1.29 is 4.79 Å². The van der Waals surface area contributed by atoms with E-state index in [-0.39, 0.29) is 17.9 Å². The van der Waals surface area contributed by atoms with Crippen LogP contribution in [0.15, 0.2) is 35.7 Å². The molecule has 1 aliphatic carbocycles. The van der Waals surface area contributed by atoms with Crippen LogP contribution in [0.2, 0.25) is 0 Å². The van der Waals surface area contributed by atoms with Crippen molar-refractivity contribution in [2.75, 3.05) is 6.54 Å². The Balaban J connectivity index is 1.73. The summed E-state index contributed by atoms with van der Waals surface area (Å²) in [7, 11) is 0. The Morgan fingerprint density at radius 1 is 1.48 bits per heavy atom. The summed E-state index contributed by atoms with van der Waals surface area (Å²) in [5.74, 6) is 0.280. The number of hydrogen-bond donors (Lipinski definition) is 1. The van der Waals surface area contributed by atoms with Crippen molar-refractivity contribution in [2.24, 2.45) is 5.92 Å². The molecular weight excluding hydrogens is 306 g/mol. The number of carbonyl (C=O) groups is 1. The SMILES string of the molecule is Cc1cc(C)n(C(CNC(=O)C2CC=CCC2)c2cccs2)n1. The van der Waals surface area contributed by atoms with Gasteiger partial charge in [-0.25, -0.2) is 0 Å². The van der Waals surface area contributed by atoms with Gasteiger partial charge in [0.2, 0.25) is 5.91 Å². The second kappa shape index (κ2) is 7.13. The average Bonchev–Trinajstić information content (AvgIpc) is 3.19. The molecule has 2 unspecified atom stereocenters. The molecule has 0 aromatic carbocycles. The van der Waals surface area contributed by atoms with Crippen LogP contribution in [-0.4, -0.2) is 22.2 Å². The van der Waals surface area contributed by atoms with Crippen LogP contribution >= 0.6 is 11.3 Å². The van der Waals surface area contributed by atoms with Crippen LogP contribution in [-0.2, 0) is 4.79 Å². The number of rotatable bonds is 5. The lowest BCUT2D eigenvalue weighted by Gasteiger charge is -2.22. The highest BCUT2D eigenvalue weighted by Crippen LogP contribution is 2.25. The zero-order valence-corrected chi connectivity index (χ0v) is 14.5. The molecule has 2 heterocycles. The van der Waals surface area contributed by atoms with Crippen LogP contribution in [0.5, 0.6) is 0 Å². The van der Waals surface area contributed by atoms with Crippen LogP contribution in [0.4, 0.5) is 0 Å². The fourth-order valence-electron chi connectivity index (χ4n) is 3.12. The van der Waals surface area contributed by atoms with E-state index < -0.39 is 0 Å². The maximum Gasteiger partial charge on any atom is 0.223 e. The van der Waals surface area contributed by atoms with Gasteiger partial charge in [-0.2, -0.15) is 5.10 Å². The van der Waals surface area contributed by atoms with Gasteiger partial charge in [-0.3, -0.25) is 9.48 Å². The average molecular weight is 329 g/mol. The summed E-state index contributed by atoms with van der Waals surface area (Å²) in [6.07, 6.45) is 7.09. The molecule has 1 N–H and O–H groups in total. The van der Waals surface area contributed by atoms with Crippen molar-refractivity contribution in [2.45, 2.75) is 39.2 Å². The van der Waals surface area contributed by atoms with Gasteiger partial charge in [0.05, 0.1) is 5.69 Å². The van der Waals surface area contributed by atoms with E-state index in [0.717, 1.165) is 30.7 Å². The predicted molar refractivity (Wildman–Crippen MR) is 93.6 cm³/mol. The molecule has 1 amide bonds. The van der Waals surface area contributed by atoms with E-state index in [1.54, 1.807) is 11.3 Å². The number of aromatic nitrogens is 2.